The SMILES string of the molecule is COc1ccc(C(C)(C)[C@@H]2[C@@H](CC(=O)N3CCC[C@H]3CO)O[C@]3(C(=O)N(Cc4cccc(N5C(=O)COc6ccccc65)c4)c4ccccc43)[C@H]2C)cc1. The first-order valence-corrected chi connectivity index (χ1v) is 18.9. The maximum absolute atomic E-state index is 15.3. The lowest BCUT2D eigenvalue weighted by atomic mass is 9.63. The molecule has 10 heteroatoms. The molecule has 0 saturated carbocycles. The number of ether oxygens (including phenoxy) is 3. The van der Waals surface area contributed by atoms with Gasteiger partial charge in [-0.1, -0.05) is 75.4 Å². The molecule has 4 aliphatic rings. The first-order chi connectivity index (χ1) is 26.1. The van der Waals surface area contributed by atoms with Crippen LogP contribution in [0.4, 0.5) is 17.1 Å². The molecule has 0 unspecified atom stereocenters. The highest BCUT2D eigenvalue weighted by atomic mass is 16.5. The number of benzene rings is 4. The Labute approximate surface area is 316 Å². The van der Waals surface area contributed by atoms with E-state index in [9.17, 15) is 14.7 Å². The maximum Gasteiger partial charge on any atom is 0.269 e. The fraction of sp³-hybridized carbons (Fsp3) is 0.386. The van der Waals surface area contributed by atoms with Crippen molar-refractivity contribution in [3.05, 3.63) is 114 Å². The van der Waals surface area contributed by atoms with E-state index >= 15 is 4.79 Å². The number of carbonyl (C=O) groups excluding carboxylic acids is 3. The van der Waals surface area contributed by atoms with Crippen LogP contribution < -0.4 is 19.3 Å². The van der Waals surface area contributed by atoms with Crippen molar-refractivity contribution in [2.75, 3.05) is 36.7 Å². The van der Waals surface area contributed by atoms with Gasteiger partial charge in [0.05, 0.1) is 50.2 Å². The normalized spacial score (nSPS) is 24.9. The molecule has 280 valence electrons. The predicted molar refractivity (Wildman–Crippen MR) is 205 cm³/mol. The molecule has 4 heterocycles. The molecule has 0 aromatic heterocycles. The highest BCUT2D eigenvalue weighted by Crippen LogP contribution is 2.60. The Balaban J connectivity index is 1.16. The lowest BCUT2D eigenvalue weighted by molar-refractivity contribution is -0.150. The van der Waals surface area contributed by atoms with Crippen molar-refractivity contribution in [2.24, 2.45) is 11.8 Å². The van der Waals surface area contributed by atoms with Crippen molar-refractivity contribution in [2.45, 2.75) is 69.7 Å². The van der Waals surface area contributed by atoms with Gasteiger partial charge in [-0.2, -0.15) is 0 Å². The van der Waals surface area contributed by atoms with Gasteiger partial charge in [-0.3, -0.25) is 19.3 Å². The molecule has 2 fully saturated rings. The van der Waals surface area contributed by atoms with Crippen LogP contribution >= 0.6 is 0 Å². The zero-order valence-corrected chi connectivity index (χ0v) is 31.2. The van der Waals surface area contributed by atoms with E-state index in [0.717, 1.165) is 41.0 Å². The number of rotatable bonds is 9. The van der Waals surface area contributed by atoms with Gasteiger partial charge in [0, 0.05) is 29.6 Å². The molecular formula is C44H47N3O7. The van der Waals surface area contributed by atoms with Crippen molar-refractivity contribution in [3.8, 4) is 11.5 Å². The molecule has 1 N–H and O–H groups in total. The zero-order valence-electron chi connectivity index (χ0n) is 31.2. The molecule has 3 amide bonds. The van der Waals surface area contributed by atoms with Crippen molar-refractivity contribution in [3.63, 3.8) is 0 Å². The molecule has 8 rings (SSSR count). The smallest absolute Gasteiger partial charge is 0.269 e. The summed E-state index contributed by atoms with van der Waals surface area (Å²) < 4.78 is 18.3. The van der Waals surface area contributed by atoms with E-state index in [-0.39, 0.29) is 61.8 Å². The van der Waals surface area contributed by atoms with Gasteiger partial charge in [0.2, 0.25) is 5.91 Å². The molecule has 2 saturated heterocycles. The minimum Gasteiger partial charge on any atom is -0.497 e. The van der Waals surface area contributed by atoms with Crippen LogP contribution in [0.5, 0.6) is 11.5 Å². The Morgan fingerprint density at radius 2 is 1.70 bits per heavy atom. The Morgan fingerprint density at radius 1 is 0.963 bits per heavy atom. The van der Waals surface area contributed by atoms with Crippen LogP contribution in [0, 0.1) is 11.8 Å². The van der Waals surface area contributed by atoms with Crippen LogP contribution in [0.2, 0.25) is 0 Å². The summed E-state index contributed by atoms with van der Waals surface area (Å²) in [5.74, 6) is 0.407. The molecule has 0 bridgehead atoms. The minimum absolute atomic E-state index is 0.0624. The van der Waals surface area contributed by atoms with Crippen LogP contribution in [0.15, 0.2) is 97.1 Å². The summed E-state index contributed by atoms with van der Waals surface area (Å²) in [7, 11) is 1.64. The number of aliphatic hydroxyl groups excluding tert-OH is 1. The van der Waals surface area contributed by atoms with Crippen LogP contribution in [0.25, 0.3) is 0 Å². The summed E-state index contributed by atoms with van der Waals surface area (Å²) in [5, 5.41) is 10.1. The second kappa shape index (κ2) is 13.9. The van der Waals surface area contributed by atoms with E-state index in [0.29, 0.717) is 23.7 Å². The number of anilines is 3. The van der Waals surface area contributed by atoms with E-state index in [1.54, 1.807) is 21.8 Å². The largest absolute Gasteiger partial charge is 0.497 e. The molecule has 4 aromatic carbocycles. The third kappa shape index (κ3) is 5.74. The van der Waals surface area contributed by atoms with Gasteiger partial charge in [0.25, 0.3) is 11.8 Å². The molecule has 4 aliphatic heterocycles. The van der Waals surface area contributed by atoms with Gasteiger partial charge in [-0.25, -0.2) is 0 Å². The average molecular weight is 730 g/mol. The zero-order chi connectivity index (χ0) is 37.8. The number of carbonyl (C=O) groups is 3. The quantitative estimate of drug-likeness (QED) is 0.210. The number of nitrogens with zero attached hydrogens (tertiary/aromatic N) is 3. The Morgan fingerprint density at radius 3 is 2.46 bits per heavy atom. The summed E-state index contributed by atoms with van der Waals surface area (Å²) >= 11 is 0. The van der Waals surface area contributed by atoms with E-state index < -0.39 is 17.1 Å². The lowest BCUT2D eigenvalue weighted by Gasteiger charge is -2.39. The van der Waals surface area contributed by atoms with Gasteiger partial charge in [-0.05, 0) is 71.8 Å². The van der Waals surface area contributed by atoms with Crippen LogP contribution in [-0.4, -0.2) is 66.7 Å². The molecule has 4 aromatic rings. The third-order valence-corrected chi connectivity index (χ3v) is 12.2. The lowest BCUT2D eigenvalue weighted by Crippen LogP contribution is -2.45. The number of amides is 3. The van der Waals surface area contributed by atoms with Crippen LogP contribution in [0.1, 0.15) is 56.7 Å². The van der Waals surface area contributed by atoms with E-state index in [4.69, 9.17) is 14.2 Å². The third-order valence-electron chi connectivity index (χ3n) is 12.2. The summed E-state index contributed by atoms with van der Waals surface area (Å²) in [4.78, 5) is 47.7. The van der Waals surface area contributed by atoms with E-state index in [1.807, 2.05) is 84.9 Å². The fourth-order valence-corrected chi connectivity index (χ4v) is 9.63. The maximum atomic E-state index is 15.3. The van der Waals surface area contributed by atoms with Crippen molar-refractivity contribution >= 4 is 34.8 Å². The van der Waals surface area contributed by atoms with Gasteiger partial charge >= 0.3 is 0 Å². The number of aliphatic hydroxyl groups is 1. The second-order valence-electron chi connectivity index (χ2n) is 15.5. The molecule has 0 radical (unpaired) electrons. The average Bonchev–Trinajstić information content (AvgIpc) is 3.85. The van der Waals surface area contributed by atoms with E-state index in [1.165, 1.54) is 0 Å². The van der Waals surface area contributed by atoms with Crippen LogP contribution in [0.3, 0.4) is 0 Å². The van der Waals surface area contributed by atoms with Crippen LogP contribution in [-0.2, 0) is 36.7 Å². The molecule has 10 nitrogen and oxygen atoms in total. The van der Waals surface area contributed by atoms with Gasteiger partial charge < -0.3 is 29.1 Å². The number of fused-ring (bicyclic) bond motifs is 3. The first-order valence-electron chi connectivity index (χ1n) is 18.9. The number of hydrogen-bond donors (Lipinski definition) is 1. The topological polar surface area (TPSA) is 109 Å². The predicted octanol–water partition coefficient (Wildman–Crippen LogP) is 6.50. The number of para-hydroxylation sites is 3. The summed E-state index contributed by atoms with van der Waals surface area (Å²) in [6, 6.07) is 30.8. The summed E-state index contributed by atoms with van der Waals surface area (Å²) in [6.07, 6.45) is 1.12. The monoisotopic (exact) mass is 729 g/mol. The summed E-state index contributed by atoms with van der Waals surface area (Å²) in [6.45, 7) is 7.14. The first kappa shape index (κ1) is 35.8. The number of methoxy groups -OCH3 is 1. The number of hydrogen-bond acceptors (Lipinski definition) is 7. The molecule has 1 spiro atoms. The molecule has 5 atom stereocenters. The molecular weight excluding hydrogens is 682 g/mol. The second-order valence-corrected chi connectivity index (χ2v) is 15.5. The number of likely N-dealkylation sites (tertiary alicyclic amines) is 1. The summed E-state index contributed by atoms with van der Waals surface area (Å²) in [5.41, 5.74) is 2.96. The Hall–Kier alpha value is -5.19. The van der Waals surface area contributed by atoms with Gasteiger partial charge in [0.1, 0.15) is 11.5 Å². The van der Waals surface area contributed by atoms with Crippen molar-refractivity contribution in [1.29, 1.82) is 0 Å². The molecule has 0 aliphatic carbocycles. The molecule has 54 heavy (non-hydrogen) atoms. The Bertz CT molecular complexity index is 2080. The van der Waals surface area contributed by atoms with Crippen molar-refractivity contribution in [1.82, 2.24) is 4.90 Å². The Kier molecular flexibility index (Phi) is 9.22. The highest BCUT2D eigenvalue weighted by Gasteiger charge is 2.66. The van der Waals surface area contributed by atoms with Crippen molar-refractivity contribution < 1.29 is 33.7 Å². The van der Waals surface area contributed by atoms with E-state index in [2.05, 4.69) is 32.9 Å². The van der Waals surface area contributed by atoms with Gasteiger partial charge in [-0.15, -0.1) is 0 Å². The van der Waals surface area contributed by atoms with Gasteiger partial charge in [0.15, 0.2) is 12.2 Å². The highest BCUT2D eigenvalue weighted by molar-refractivity contribution is 6.08. The minimum atomic E-state index is -1.34. The fourth-order valence-electron chi connectivity index (χ4n) is 9.63. The standard InChI is InChI=1S/C44H47N3O7/c1-28-41(43(2,3)30-18-20-33(52-4)21-19-30)38(24-39(49)45-22-10-13-32(45)26-48)54-44(28)34-14-5-6-15-35(34)46(42(44)51)25-29-11-9-12-31(23-29)47-36-16-7-8-17-37(36)53-27-40(47)50/h5-9,11-12,14-21,23,28,32,38,41,48H,10,13,22,24-27H2,1-4H3/t28-,32-,38+,41-,44+/m0/s1.